The van der Waals surface area contributed by atoms with Crippen LogP contribution in [0.1, 0.15) is 24.4 Å². The maximum absolute atomic E-state index is 11.2. The molecule has 1 fully saturated rings. The van der Waals surface area contributed by atoms with E-state index in [2.05, 4.69) is 5.10 Å². The number of likely N-dealkylation sites (tertiary alicyclic amines) is 1. The molecule has 0 radical (unpaired) electrons. The molecule has 0 aromatic carbocycles. The topological polar surface area (TPSA) is 58.4 Å². The van der Waals surface area contributed by atoms with E-state index in [0.717, 1.165) is 31.5 Å². The van der Waals surface area contributed by atoms with E-state index in [-0.39, 0.29) is 0 Å². The molecule has 0 bridgehead atoms. The molecule has 1 aliphatic heterocycles. The number of carboxylic acids is 1. The standard InChI is InChI=1S/C10H15N3O2/c1-12-7-8(6-11-12)9(10(14)15)13-4-2-3-5-13/h6-7,9H,2-5H2,1H3,(H,14,15). The fraction of sp³-hybridized carbons (Fsp3) is 0.600. The highest BCUT2D eigenvalue weighted by Gasteiger charge is 2.30. The Hall–Kier alpha value is -1.36. The summed E-state index contributed by atoms with van der Waals surface area (Å²) in [5.74, 6) is -0.787. The predicted molar refractivity (Wildman–Crippen MR) is 54.4 cm³/mol. The summed E-state index contributed by atoms with van der Waals surface area (Å²) in [6.45, 7) is 1.73. The molecular weight excluding hydrogens is 194 g/mol. The van der Waals surface area contributed by atoms with Crippen molar-refractivity contribution < 1.29 is 9.90 Å². The average molecular weight is 209 g/mol. The third kappa shape index (κ3) is 2.02. The van der Waals surface area contributed by atoms with Gasteiger partial charge in [0.2, 0.25) is 0 Å². The van der Waals surface area contributed by atoms with Crippen LogP contribution >= 0.6 is 0 Å². The van der Waals surface area contributed by atoms with Gasteiger partial charge in [0, 0.05) is 18.8 Å². The van der Waals surface area contributed by atoms with Gasteiger partial charge in [-0.3, -0.25) is 14.4 Å². The van der Waals surface area contributed by atoms with Gasteiger partial charge in [-0.25, -0.2) is 0 Å². The molecule has 1 N–H and O–H groups in total. The first-order chi connectivity index (χ1) is 7.18. The van der Waals surface area contributed by atoms with E-state index in [1.54, 1.807) is 24.1 Å². The Morgan fingerprint density at radius 3 is 2.67 bits per heavy atom. The summed E-state index contributed by atoms with van der Waals surface area (Å²) in [5, 5.41) is 13.2. The SMILES string of the molecule is Cn1cc(C(C(=O)O)N2CCCC2)cn1. The summed E-state index contributed by atoms with van der Waals surface area (Å²) in [5.41, 5.74) is 0.770. The number of aryl methyl sites for hydroxylation is 1. The summed E-state index contributed by atoms with van der Waals surface area (Å²) in [4.78, 5) is 13.2. The van der Waals surface area contributed by atoms with E-state index in [0.29, 0.717) is 0 Å². The molecule has 0 saturated carbocycles. The molecule has 5 nitrogen and oxygen atoms in total. The zero-order valence-electron chi connectivity index (χ0n) is 8.76. The summed E-state index contributed by atoms with van der Waals surface area (Å²) < 4.78 is 1.64. The Morgan fingerprint density at radius 2 is 2.20 bits per heavy atom. The highest BCUT2D eigenvalue weighted by Crippen LogP contribution is 2.24. The normalized spacial score (nSPS) is 19.3. The molecule has 82 valence electrons. The van der Waals surface area contributed by atoms with E-state index < -0.39 is 12.0 Å². The largest absolute Gasteiger partial charge is 0.480 e. The van der Waals surface area contributed by atoms with E-state index in [1.807, 2.05) is 4.90 Å². The molecule has 1 aromatic rings. The second-order valence-corrected chi connectivity index (χ2v) is 3.93. The van der Waals surface area contributed by atoms with Gasteiger partial charge >= 0.3 is 5.97 Å². The van der Waals surface area contributed by atoms with Crippen molar-refractivity contribution >= 4 is 5.97 Å². The lowest BCUT2D eigenvalue weighted by atomic mass is 10.1. The summed E-state index contributed by atoms with van der Waals surface area (Å²) >= 11 is 0. The molecule has 2 heterocycles. The van der Waals surface area contributed by atoms with Crippen molar-refractivity contribution in [2.24, 2.45) is 7.05 Å². The molecule has 0 spiro atoms. The minimum Gasteiger partial charge on any atom is -0.480 e. The van der Waals surface area contributed by atoms with Crippen molar-refractivity contribution in [2.75, 3.05) is 13.1 Å². The Morgan fingerprint density at radius 1 is 1.53 bits per heavy atom. The van der Waals surface area contributed by atoms with Crippen molar-refractivity contribution in [3.8, 4) is 0 Å². The predicted octanol–water partition coefficient (Wildman–Crippen LogP) is 0.642. The molecule has 1 saturated heterocycles. The van der Waals surface area contributed by atoms with Crippen molar-refractivity contribution in [1.82, 2.24) is 14.7 Å². The third-order valence-corrected chi connectivity index (χ3v) is 2.78. The van der Waals surface area contributed by atoms with Gasteiger partial charge in [0.05, 0.1) is 6.20 Å². The fourth-order valence-electron chi connectivity index (χ4n) is 2.09. The van der Waals surface area contributed by atoms with Crippen LogP contribution in [0, 0.1) is 0 Å². The first-order valence-corrected chi connectivity index (χ1v) is 5.14. The lowest BCUT2D eigenvalue weighted by molar-refractivity contribution is -0.143. The van der Waals surface area contributed by atoms with Gasteiger partial charge in [0.15, 0.2) is 0 Å². The number of hydrogen-bond acceptors (Lipinski definition) is 3. The minimum absolute atomic E-state index is 0.527. The number of carbonyl (C=O) groups is 1. The van der Waals surface area contributed by atoms with Crippen molar-refractivity contribution in [2.45, 2.75) is 18.9 Å². The molecule has 1 unspecified atom stereocenters. The number of aliphatic carboxylic acids is 1. The maximum atomic E-state index is 11.2. The molecule has 0 amide bonds. The van der Waals surface area contributed by atoms with Crippen LogP contribution in [-0.4, -0.2) is 38.8 Å². The molecule has 2 rings (SSSR count). The van der Waals surface area contributed by atoms with E-state index in [1.165, 1.54) is 0 Å². The smallest absolute Gasteiger partial charge is 0.325 e. The highest BCUT2D eigenvalue weighted by atomic mass is 16.4. The van der Waals surface area contributed by atoms with E-state index >= 15 is 0 Å². The lowest BCUT2D eigenvalue weighted by Gasteiger charge is -2.22. The van der Waals surface area contributed by atoms with Crippen molar-refractivity contribution in [3.63, 3.8) is 0 Å². The molecule has 1 aromatic heterocycles. The average Bonchev–Trinajstić information content (AvgIpc) is 2.77. The Labute approximate surface area is 88.3 Å². The van der Waals surface area contributed by atoms with Gasteiger partial charge in [-0.15, -0.1) is 0 Å². The van der Waals surface area contributed by atoms with Crippen LogP contribution < -0.4 is 0 Å². The van der Waals surface area contributed by atoms with Gasteiger partial charge in [-0.1, -0.05) is 0 Å². The van der Waals surface area contributed by atoms with E-state index in [9.17, 15) is 9.90 Å². The second-order valence-electron chi connectivity index (χ2n) is 3.93. The molecule has 5 heteroatoms. The van der Waals surface area contributed by atoms with E-state index in [4.69, 9.17) is 0 Å². The Kier molecular flexibility index (Phi) is 2.73. The lowest BCUT2D eigenvalue weighted by Crippen LogP contribution is -2.31. The number of rotatable bonds is 3. The minimum atomic E-state index is -0.787. The van der Waals surface area contributed by atoms with Crippen molar-refractivity contribution in [3.05, 3.63) is 18.0 Å². The van der Waals surface area contributed by atoms with Gasteiger partial charge in [-0.2, -0.15) is 5.10 Å². The van der Waals surface area contributed by atoms with Crippen LogP contribution in [0.25, 0.3) is 0 Å². The summed E-state index contributed by atoms with van der Waals surface area (Å²) in [6, 6.07) is -0.527. The Balaban J connectivity index is 2.22. The molecule has 0 aliphatic carbocycles. The zero-order chi connectivity index (χ0) is 10.8. The van der Waals surface area contributed by atoms with Crippen molar-refractivity contribution in [1.29, 1.82) is 0 Å². The molecule has 1 aliphatic rings. The van der Waals surface area contributed by atoms with Crippen LogP contribution in [0.4, 0.5) is 0 Å². The van der Waals surface area contributed by atoms with Crippen LogP contribution in [0.2, 0.25) is 0 Å². The molecule has 15 heavy (non-hydrogen) atoms. The fourth-order valence-corrected chi connectivity index (χ4v) is 2.09. The van der Waals surface area contributed by atoms with Crippen LogP contribution in [0.3, 0.4) is 0 Å². The molecular formula is C10H15N3O2. The summed E-state index contributed by atoms with van der Waals surface area (Å²) in [6.07, 6.45) is 5.59. The summed E-state index contributed by atoms with van der Waals surface area (Å²) in [7, 11) is 1.80. The molecule has 1 atom stereocenters. The highest BCUT2D eigenvalue weighted by molar-refractivity contribution is 5.75. The van der Waals surface area contributed by atoms with Crippen LogP contribution in [-0.2, 0) is 11.8 Å². The van der Waals surface area contributed by atoms with Crippen LogP contribution in [0.5, 0.6) is 0 Å². The number of aromatic nitrogens is 2. The van der Waals surface area contributed by atoms with Gasteiger partial charge in [0.25, 0.3) is 0 Å². The van der Waals surface area contributed by atoms with Crippen LogP contribution in [0.15, 0.2) is 12.4 Å². The number of hydrogen-bond donors (Lipinski definition) is 1. The van der Waals surface area contributed by atoms with Gasteiger partial charge < -0.3 is 5.11 Å². The number of nitrogens with zero attached hydrogens (tertiary/aromatic N) is 3. The maximum Gasteiger partial charge on any atom is 0.325 e. The first kappa shape index (κ1) is 10.2. The quantitative estimate of drug-likeness (QED) is 0.793. The third-order valence-electron chi connectivity index (χ3n) is 2.78. The van der Waals surface area contributed by atoms with Gasteiger partial charge in [-0.05, 0) is 25.9 Å². The first-order valence-electron chi connectivity index (χ1n) is 5.14. The second kappa shape index (κ2) is 4.02. The van der Waals surface area contributed by atoms with Gasteiger partial charge in [0.1, 0.15) is 6.04 Å². The Bertz CT molecular complexity index is 355. The zero-order valence-corrected chi connectivity index (χ0v) is 8.76. The number of carboxylic acid groups (broad SMARTS) is 1. The monoisotopic (exact) mass is 209 g/mol.